The molecule has 1 N–H and O–H groups in total. The molecule has 2 aromatic heterocycles. The molecule has 3 heterocycles. The monoisotopic (exact) mass is 302 g/mol. The van der Waals surface area contributed by atoms with E-state index >= 15 is 0 Å². The predicted octanol–water partition coefficient (Wildman–Crippen LogP) is 2.00. The number of hydrogen-bond donors (Lipinski definition) is 1. The first-order valence-corrected chi connectivity index (χ1v) is 7.60. The molecule has 0 spiro atoms. The molecule has 21 heavy (non-hydrogen) atoms. The molecule has 7 heteroatoms. The Morgan fingerprint density at radius 3 is 2.57 bits per heavy atom. The van der Waals surface area contributed by atoms with Crippen LogP contribution in [0.1, 0.15) is 0 Å². The minimum atomic E-state index is 0.257. The fourth-order valence-corrected chi connectivity index (χ4v) is 3.30. The molecule has 0 saturated carbocycles. The van der Waals surface area contributed by atoms with Crippen molar-refractivity contribution in [2.45, 2.75) is 0 Å². The molecule has 1 aliphatic rings. The Bertz CT molecular complexity index is 727. The third-order valence-electron chi connectivity index (χ3n) is 3.48. The van der Waals surface area contributed by atoms with Crippen LogP contribution in [0.2, 0.25) is 0 Å². The van der Waals surface area contributed by atoms with E-state index in [-0.39, 0.29) is 5.75 Å². The summed E-state index contributed by atoms with van der Waals surface area (Å²) in [4.78, 5) is 3.24. The summed E-state index contributed by atoms with van der Waals surface area (Å²) in [7, 11) is 0. The van der Waals surface area contributed by atoms with Gasteiger partial charge in [-0.3, -0.25) is 0 Å². The number of phenolic OH excluding ortho intramolecular Hbond substituents is 1. The summed E-state index contributed by atoms with van der Waals surface area (Å²) in [6, 6.07) is 9.05. The average molecular weight is 302 g/mol. The average Bonchev–Trinajstić information content (AvgIpc) is 3.07. The van der Waals surface area contributed by atoms with Gasteiger partial charge in [0.1, 0.15) is 10.6 Å². The van der Waals surface area contributed by atoms with E-state index in [1.807, 2.05) is 18.2 Å². The van der Waals surface area contributed by atoms with Crippen LogP contribution < -0.4 is 4.90 Å². The number of aromatic nitrogens is 3. The van der Waals surface area contributed by atoms with Crippen LogP contribution >= 0.6 is 11.3 Å². The van der Waals surface area contributed by atoms with E-state index in [2.05, 4.69) is 15.1 Å². The van der Waals surface area contributed by atoms with Gasteiger partial charge in [0, 0.05) is 24.7 Å². The maximum atomic E-state index is 9.33. The summed E-state index contributed by atoms with van der Waals surface area (Å²) in [5, 5.41) is 19.4. The number of ether oxygens (including phenoxy) is 1. The topological polar surface area (TPSA) is 62.9 Å². The lowest BCUT2D eigenvalue weighted by atomic mass is 10.1. The standard InChI is InChI=1S/C14H14N4O2S/c19-11-3-1-10(2-4-11)12-9-13-18(15-12)16-14(21-13)17-5-7-20-8-6-17/h1-4,9,19H,5-8H2. The normalized spacial score (nSPS) is 15.7. The van der Waals surface area contributed by atoms with Crippen LogP contribution in [0.15, 0.2) is 30.3 Å². The zero-order chi connectivity index (χ0) is 14.2. The highest BCUT2D eigenvalue weighted by Crippen LogP contribution is 2.28. The zero-order valence-corrected chi connectivity index (χ0v) is 12.1. The molecule has 1 aromatic carbocycles. The van der Waals surface area contributed by atoms with E-state index in [1.165, 1.54) is 0 Å². The van der Waals surface area contributed by atoms with Crippen LogP contribution in [-0.2, 0) is 4.74 Å². The smallest absolute Gasteiger partial charge is 0.208 e. The number of phenols is 1. The third kappa shape index (κ3) is 2.34. The molecule has 1 saturated heterocycles. The van der Waals surface area contributed by atoms with Gasteiger partial charge in [-0.1, -0.05) is 11.3 Å². The van der Waals surface area contributed by atoms with Gasteiger partial charge in [0.25, 0.3) is 0 Å². The number of benzene rings is 1. The number of morpholine rings is 1. The van der Waals surface area contributed by atoms with Crippen molar-refractivity contribution in [3.8, 4) is 17.0 Å². The van der Waals surface area contributed by atoms with Gasteiger partial charge in [-0.05, 0) is 24.3 Å². The second-order valence-electron chi connectivity index (χ2n) is 4.89. The van der Waals surface area contributed by atoms with E-state index in [9.17, 15) is 5.11 Å². The van der Waals surface area contributed by atoms with Gasteiger partial charge in [-0.25, -0.2) is 0 Å². The maximum Gasteiger partial charge on any atom is 0.208 e. The van der Waals surface area contributed by atoms with E-state index in [4.69, 9.17) is 4.74 Å². The van der Waals surface area contributed by atoms with Gasteiger partial charge in [-0.15, -0.1) is 14.8 Å². The highest BCUT2D eigenvalue weighted by molar-refractivity contribution is 7.20. The van der Waals surface area contributed by atoms with Crippen LogP contribution in [-0.4, -0.2) is 46.2 Å². The lowest BCUT2D eigenvalue weighted by Gasteiger charge is -2.25. The minimum absolute atomic E-state index is 0.257. The summed E-state index contributed by atoms with van der Waals surface area (Å²) in [6.45, 7) is 3.25. The van der Waals surface area contributed by atoms with Crippen molar-refractivity contribution in [2.24, 2.45) is 0 Å². The molecule has 0 amide bonds. The Morgan fingerprint density at radius 2 is 1.86 bits per heavy atom. The van der Waals surface area contributed by atoms with E-state index < -0.39 is 0 Å². The molecule has 1 fully saturated rings. The van der Waals surface area contributed by atoms with Crippen molar-refractivity contribution in [3.63, 3.8) is 0 Å². The van der Waals surface area contributed by atoms with Crippen molar-refractivity contribution < 1.29 is 9.84 Å². The van der Waals surface area contributed by atoms with Crippen LogP contribution in [0, 0.1) is 0 Å². The number of hydrogen-bond acceptors (Lipinski definition) is 6. The van der Waals surface area contributed by atoms with Crippen molar-refractivity contribution in [2.75, 3.05) is 31.2 Å². The van der Waals surface area contributed by atoms with E-state index in [0.29, 0.717) is 0 Å². The fraction of sp³-hybridized carbons (Fsp3) is 0.286. The molecule has 0 radical (unpaired) electrons. The Morgan fingerprint density at radius 1 is 1.10 bits per heavy atom. The first kappa shape index (κ1) is 12.6. The van der Waals surface area contributed by atoms with Gasteiger partial charge in [-0.2, -0.15) is 0 Å². The van der Waals surface area contributed by atoms with Crippen LogP contribution in [0.3, 0.4) is 0 Å². The molecule has 108 valence electrons. The predicted molar refractivity (Wildman–Crippen MR) is 81.0 cm³/mol. The van der Waals surface area contributed by atoms with Gasteiger partial charge in [0.15, 0.2) is 0 Å². The van der Waals surface area contributed by atoms with Gasteiger partial charge in [0.05, 0.1) is 18.9 Å². The minimum Gasteiger partial charge on any atom is -0.508 e. The number of anilines is 1. The Labute approximate surface area is 125 Å². The molecule has 6 nitrogen and oxygen atoms in total. The van der Waals surface area contributed by atoms with Gasteiger partial charge < -0.3 is 14.7 Å². The Kier molecular flexibility index (Phi) is 3.01. The number of nitrogens with zero attached hydrogens (tertiary/aromatic N) is 4. The largest absolute Gasteiger partial charge is 0.508 e. The lowest BCUT2D eigenvalue weighted by Crippen LogP contribution is -2.36. The fourth-order valence-electron chi connectivity index (χ4n) is 2.35. The molecule has 0 bridgehead atoms. The molecule has 0 atom stereocenters. The van der Waals surface area contributed by atoms with Crippen molar-refractivity contribution in [1.29, 1.82) is 0 Å². The van der Waals surface area contributed by atoms with Crippen molar-refractivity contribution >= 4 is 21.3 Å². The van der Waals surface area contributed by atoms with Gasteiger partial charge >= 0.3 is 0 Å². The first-order chi connectivity index (χ1) is 10.3. The SMILES string of the molecule is Oc1ccc(-c2cc3sc(N4CCOCC4)nn3n2)cc1. The second-order valence-corrected chi connectivity index (χ2v) is 5.88. The van der Waals surface area contributed by atoms with Crippen molar-refractivity contribution in [3.05, 3.63) is 30.3 Å². The molecule has 0 aliphatic carbocycles. The summed E-state index contributed by atoms with van der Waals surface area (Å²) in [6.07, 6.45) is 0. The van der Waals surface area contributed by atoms with Crippen LogP contribution in [0.4, 0.5) is 5.13 Å². The first-order valence-electron chi connectivity index (χ1n) is 6.78. The van der Waals surface area contributed by atoms with Crippen LogP contribution in [0.25, 0.3) is 16.1 Å². The number of fused-ring (bicyclic) bond motifs is 1. The van der Waals surface area contributed by atoms with Gasteiger partial charge in [0.2, 0.25) is 5.13 Å². The highest BCUT2D eigenvalue weighted by Gasteiger charge is 2.17. The highest BCUT2D eigenvalue weighted by atomic mass is 32.1. The Hall–Kier alpha value is -2.12. The number of aromatic hydroxyl groups is 1. The molecule has 0 unspecified atom stereocenters. The summed E-state index contributed by atoms with van der Waals surface area (Å²) >= 11 is 1.63. The maximum absolute atomic E-state index is 9.33. The number of rotatable bonds is 2. The molecular weight excluding hydrogens is 288 g/mol. The van der Waals surface area contributed by atoms with E-state index in [1.54, 1.807) is 28.1 Å². The molecule has 3 aromatic rings. The molecular formula is C14H14N4O2S. The Balaban J connectivity index is 1.65. The summed E-state index contributed by atoms with van der Waals surface area (Å²) < 4.78 is 7.03. The molecule has 1 aliphatic heterocycles. The summed E-state index contributed by atoms with van der Waals surface area (Å²) in [5.41, 5.74) is 1.83. The zero-order valence-electron chi connectivity index (χ0n) is 11.3. The second kappa shape index (κ2) is 5.01. The quantitative estimate of drug-likeness (QED) is 0.784. The van der Waals surface area contributed by atoms with E-state index in [0.717, 1.165) is 47.5 Å². The third-order valence-corrected chi connectivity index (χ3v) is 4.49. The summed E-state index contributed by atoms with van der Waals surface area (Å²) in [5.74, 6) is 0.257. The molecule has 4 rings (SSSR count). The van der Waals surface area contributed by atoms with Crippen molar-refractivity contribution in [1.82, 2.24) is 14.8 Å². The van der Waals surface area contributed by atoms with Crippen LogP contribution in [0.5, 0.6) is 5.75 Å². The lowest BCUT2D eigenvalue weighted by molar-refractivity contribution is 0.122.